The third-order valence-corrected chi connectivity index (χ3v) is 6.45. The first kappa shape index (κ1) is 16.9. The molecule has 0 saturated carbocycles. The summed E-state index contributed by atoms with van der Waals surface area (Å²) in [5.74, 6) is 1.51. The van der Waals surface area contributed by atoms with E-state index in [4.69, 9.17) is 4.98 Å². The monoisotopic (exact) mass is 408 g/mol. The zero-order valence-corrected chi connectivity index (χ0v) is 16.4. The number of anilines is 2. The maximum Gasteiger partial charge on any atom is 0.190 e. The van der Waals surface area contributed by atoms with E-state index in [0.29, 0.717) is 12.6 Å². The third kappa shape index (κ3) is 3.03. The summed E-state index contributed by atoms with van der Waals surface area (Å²) in [5, 5.41) is 17.0. The smallest absolute Gasteiger partial charge is 0.190 e. The van der Waals surface area contributed by atoms with Crippen molar-refractivity contribution in [3.8, 4) is 11.3 Å². The summed E-state index contributed by atoms with van der Waals surface area (Å²) in [7, 11) is 0. The van der Waals surface area contributed by atoms with E-state index in [1.807, 2.05) is 17.4 Å². The molecule has 1 saturated heterocycles. The van der Waals surface area contributed by atoms with Gasteiger partial charge in [-0.3, -0.25) is 20.2 Å². The van der Waals surface area contributed by atoms with Gasteiger partial charge < -0.3 is 5.32 Å². The highest BCUT2D eigenvalue weighted by molar-refractivity contribution is 7.19. The fourth-order valence-electron chi connectivity index (χ4n) is 3.86. The van der Waals surface area contributed by atoms with Crippen LogP contribution < -0.4 is 21.3 Å². The number of thiophene rings is 1. The molecule has 2 aliphatic heterocycles. The SMILES string of the molecule is c1nn(C2CCNCC2)cc1-c1cnc2c(n1)N(Cc1cc3[nH]ncc3s1)NN2. The van der Waals surface area contributed by atoms with Gasteiger partial charge in [0.05, 0.1) is 47.1 Å². The molecular formula is C18H20N10S. The average molecular weight is 408 g/mol. The molecule has 0 atom stereocenters. The van der Waals surface area contributed by atoms with Crippen LogP contribution in [0.5, 0.6) is 0 Å². The average Bonchev–Trinajstić information content (AvgIpc) is 3.53. The first-order valence-corrected chi connectivity index (χ1v) is 10.5. The van der Waals surface area contributed by atoms with Crippen molar-refractivity contribution in [3.63, 3.8) is 0 Å². The van der Waals surface area contributed by atoms with Gasteiger partial charge in [0.15, 0.2) is 11.6 Å². The van der Waals surface area contributed by atoms with Crippen LogP contribution in [-0.2, 0) is 6.54 Å². The maximum absolute atomic E-state index is 4.86. The number of aromatic nitrogens is 6. The summed E-state index contributed by atoms with van der Waals surface area (Å²) in [6.07, 6.45) is 9.81. The van der Waals surface area contributed by atoms with E-state index in [9.17, 15) is 0 Å². The van der Waals surface area contributed by atoms with Gasteiger partial charge >= 0.3 is 0 Å². The van der Waals surface area contributed by atoms with Crippen LogP contribution in [0, 0.1) is 0 Å². The maximum atomic E-state index is 4.86. The van der Waals surface area contributed by atoms with Crippen molar-refractivity contribution in [1.82, 2.24) is 40.8 Å². The van der Waals surface area contributed by atoms with Crippen molar-refractivity contribution in [2.24, 2.45) is 0 Å². The molecular weight excluding hydrogens is 388 g/mol. The molecule has 4 N–H and O–H groups in total. The highest BCUT2D eigenvalue weighted by Crippen LogP contribution is 2.31. The summed E-state index contributed by atoms with van der Waals surface area (Å²) >= 11 is 1.72. The predicted octanol–water partition coefficient (Wildman–Crippen LogP) is 2.05. The topological polar surface area (TPSA) is 112 Å². The van der Waals surface area contributed by atoms with Gasteiger partial charge in [0.2, 0.25) is 0 Å². The van der Waals surface area contributed by atoms with Gasteiger partial charge in [-0.2, -0.15) is 10.2 Å². The summed E-state index contributed by atoms with van der Waals surface area (Å²) in [5.41, 5.74) is 9.11. The number of hydrogen-bond acceptors (Lipinski definition) is 9. The Kier molecular flexibility index (Phi) is 3.96. The minimum Gasteiger partial charge on any atom is -0.317 e. The Hall–Kier alpha value is -3.02. The van der Waals surface area contributed by atoms with Crippen LogP contribution in [0.4, 0.5) is 11.6 Å². The second-order valence-electron chi connectivity index (χ2n) is 7.30. The van der Waals surface area contributed by atoms with Crippen LogP contribution >= 0.6 is 11.3 Å². The zero-order valence-electron chi connectivity index (χ0n) is 15.6. The number of nitrogens with zero attached hydrogens (tertiary/aromatic N) is 6. The molecule has 10 nitrogen and oxygen atoms in total. The van der Waals surface area contributed by atoms with Crippen LogP contribution in [0.2, 0.25) is 0 Å². The fourth-order valence-corrected chi connectivity index (χ4v) is 4.83. The first-order valence-electron chi connectivity index (χ1n) is 9.67. The van der Waals surface area contributed by atoms with E-state index >= 15 is 0 Å². The molecule has 11 heteroatoms. The van der Waals surface area contributed by atoms with E-state index in [2.05, 4.69) is 53.5 Å². The molecule has 6 rings (SSSR count). The van der Waals surface area contributed by atoms with Crippen LogP contribution in [0.25, 0.3) is 21.5 Å². The molecule has 6 heterocycles. The fraction of sp³-hybridized carbons (Fsp3) is 0.333. The highest BCUT2D eigenvalue weighted by Gasteiger charge is 2.24. The third-order valence-electron chi connectivity index (χ3n) is 5.39. The van der Waals surface area contributed by atoms with Crippen molar-refractivity contribution in [3.05, 3.63) is 35.7 Å². The standard InChI is InChI=1S/C18H20N10S/c1-3-19-4-2-12(1)27-9-11(6-22-27)15-7-20-17-18(23-15)28(26-25-17)10-13-5-14-16(29-13)8-21-24-14/h5-9,12,19,26H,1-4,10H2,(H,20,25)(H,21,24). The molecule has 0 amide bonds. The van der Waals surface area contributed by atoms with E-state index in [-0.39, 0.29) is 0 Å². The molecule has 0 bridgehead atoms. The number of rotatable bonds is 4. The molecule has 0 radical (unpaired) electrons. The van der Waals surface area contributed by atoms with Crippen molar-refractivity contribution in [2.75, 3.05) is 23.5 Å². The Bertz CT molecular complexity index is 1130. The summed E-state index contributed by atoms with van der Waals surface area (Å²) in [4.78, 5) is 10.6. The largest absolute Gasteiger partial charge is 0.317 e. The molecule has 4 aromatic heterocycles. The lowest BCUT2D eigenvalue weighted by Crippen LogP contribution is -2.35. The zero-order chi connectivity index (χ0) is 19.2. The second kappa shape index (κ2) is 6.79. The highest BCUT2D eigenvalue weighted by atomic mass is 32.1. The number of aromatic amines is 1. The van der Waals surface area contributed by atoms with Crippen LogP contribution in [0.1, 0.15) is 23.8 Å². The molecule has 4 aromatic rings. The second-order valence-corrected chi connectivity index (χ2v) is 8.47. The Morgan fingerprint density at radius 2 is 2.10 bits per heavy atom. The molecule has 29 heavy (non-hydrogen) atoms. The van der Waals surface area contributed by atoms with Gasteiger partial charge in [-0.05, 0) is 32.0 Å². The van der Waals surface area contributed by atoms with Gasteiger partial charge in [0.25, 0.3) is 0 Å². The van der Waals surface area contributed by atoms with Gasteiger partial charge in [0.1, 0.15) is 0 Å². The van der Waals surface area contributed by atoms with Crippen LogP contribution in [0.3, 0.4) is 0 Å². The Morgan fingerprint density at radius 1 is 1.17 bits per heavy atom. The number of H-pyrrole nitrogens is 1. The van der Waals surface area contributed by atoms with E-state index in [0.717, 1.165) is 59.0 Å². The number of hydrogen-bond donors (Lipinski definition) is 4. The van der Waals surface area contributed by atoms with Gasteiger partial charge in [-0.25, -0.2) is 9.97 Å². The summed E-state index contributed by atoms with van der Waals surface area (Å²) in [6.45, 7) is 2.76. The molecule has 148 valence electrons. The van der Waals surface area contributed by atoms with E-state index in [1.54, 1.807) is 17.5 Å². The van der Waals surface area contributed by atoms with Crippen molar-refractivity contribution in [2.45, 2.75) is 25.4 Å². The predicted molar refractivity (Wildman–Crippen MR) is 111 cm³/mol. The minimum atomic E-state index is 0.449. The van der Waals surface area contributed by atoms with Gasteiger partial charge in [0, 0.05) is 16.6 Å². The molecule has 2 aliphatic rings. The van der Waals surface area contributed by atoms with Gasteiger partial charge in [-0.15, -0.1) is 16.9 Å². The lowest BCUT2D eigenvalue weighted by atomic mass is 10.1. The first-order chi connectivity index (χ1) is 14.3. The van der Waals surface area contributed by atoms with Crippen LogP contribution in [0.15, 0.2) is 30.9 Å². The van der Waals surface area contributed by atoms with Crippen molar-refractivity contribution < 1.29 is 0 Å². The quantitative estimate of drug-likeness (QED) is 0.406. The Morgan fingerprint density at radius 3 is 3.00 bits per heavy atom. The molecule has 0 spiro atoms. The molecule has 0 aliphatic carbocycles. The lowest BCUT2D eigenvalue weighted by Gasteiger charge is -2.22. The minimum absolute atomic E-state index is 0.449. The van der Waals surface area contributed by atoms with Crippen LogP contribution in [-0.4, -0.2) is 43.0 Å². The Balaban J connectivity index is 1.26. The number of hydrazine groups is 2. The van der Waals surface area contributed by atoms with Gasteiger partial charge in [-0.1, -0.05) is 0 Å². The molecule has 0 aromatic carbocycles. The molecule has 0 unspecified atom stereocenters. The van der Waals surface area contributed by atoms with E-state index in [1.165, 1.54) is 4.88 Å². The molecule has 1 fully saturated rings. The summed E-state index contributed by atoms with van der Waals surface area (Å²) < 4.78 is 3.22. The number of fused-ring (bicyclic) bond motifs is 2. The van der Waals surface area contributed by atoms with Crippen molar-refractivity contribution >= 4 is 33.2 Å². The normalized spacial score (nSPS) is 17.0. The summed E-state index contributed by atoms with van der Waals surface area (Å²) in [6, 6.07) is 2.57. The van der Waals surface area contributed by atoms with Crippen molar-refractivity contribution in [1.29, 1.82) is 0 Å². The number of piperidine rings is 1. The van der Waals surface area contributed by atoms with E-state index < -0.39 is 0 Å². The lowest BCUT2D eigenvalue weighted by molar-refractivity contribution is 0.343. The number of nitrogens with one attached hydrogen (secondary N) is 4. The Labute approximate surface area is 170 Å².